The molecule has 12 nitrogen and oxygen atoms in total. The molecule has 2 aromatic carbocycles. The van der Waals surface area contributed by atoms with Gasteiger partial charge in [-0.2, -0.15) is 5.10 Å². The van der Waals surface area contributed by atoms with Gasteiger partial charge in [0.1, 0.15) is 29.3 Å². The highest BCUT2D eigenvalue weighted by Crippen LogP contribution is 2.37. The number of carboxylic acids is 1. The number of ether oxygens (including phenoxy) is 2. The first-order valence-electron chi connectivity index (χ1n) is 12.4. The topological polar surface area (TPSA) is 167 Å². The quantitative estimate of drug-likeness (QED) is 0.288. The number of benzene rings is 2. The van der Waals surface area contributed by atoms with Gasteiger partial charge in [-0.25, -0.2) is 14.6 Å². The minimum absolute atomic E-state index is 0.225. The minimum atomic E-state index is -0.833. The van der Waals surface area contributed by atoms with E-state index in [1.165, 1.54) is 13.4 Å². The lowest BCUT2D eigenvalue weighted by Gasteiger charge is -2.23. The predicted molar refractivity (Wildman–Crippen MR) is 147 cm³/mol. The van der Waals surface area contributed by atoms with Gasteiger partial charge in [0.15, 0.2) is 5.65 Å². The lowest BCUT2D eigenvalue weighted by atomic mass is 10.1. The number of carboxylic acid groups (broad SMARTS) is 1. The van der Waals surface area contributed by atoms with Crippen LogP contribution in [-0.4, -0.2) is 64.0 Å². The van der Waals surface area contributed by atoms with Crippen LogP contribution in [0.15, 0.2) is 48.8 Å². The van der Waals surface area contributed by atoms with Crippen LogP contribution in [0.3, 0.4) is 0 Å². The molecule has 0 atom stereocenters. The van der Waals surface area contributed by atoms with E-state index in [9.17, 15) is 4.79 Å². The van der Waals surface area contributed by atoms with Crippen LogP contribution in [0.2, 0.25) is 0 Å². The van der Waals surface area contributed by atoms with E-state index in [1.807, 2.05) is 22.9 Å². The fourth-order valence-electron chi connectivity index (χ4n) is 4.47. The Morgan fingerprint density at radius 1 is 1.08 bits per heavy atom. The summed E-state index contributed by atoms with van der Waals surface area (Å²) in [7, 11) is 3.09. The van der Waals surface area contributed by atoms with Crippen LogP contribution in [0, 0.1) is 0 Å². The second-order valence-electron chi connectivity index (χ2n) is 8.82. The van der Waals surface area contributed by atoms with Gasteiger partial charge in [-0.05, 0) is 50.2 Å². The molecule has 3 heterocycles. The number of anilines is 2. The van der Waals surface area contributed by atoms with Crippen molar-refractivity contribution in [3.05, 3.63) is 54.4 Å². The Balaban J connectivity index is 0.000000826. The second-order valence-corrected chi connectivity index (χ2v) is 8.82. The van der Waals surface area contributed by atoms with Crippen molar-refractivity contribution in [2.24, 2.45) is 0 Å². The number of aliphatic carboxylic acids is 1. The van der Waals surface area contributed by atoms with Crippen molar-refractivity contribution in [2.75, 3.05) is 38.4 Å². The number of rotatable bonds is 6. The smallest absolute Gasteiger partial charge is 0.300 e. The lowest BCUT2D eigenvalue weighted by Crippen LogP contribution is -2.30. The number of nitrogen functional groups attached to an aromatic ring is 1. The maximum atomic E-state index is 12.9. The zero-order chi connectivity index (χ0) is 27.9. The molecule has 4 aromatic rings. The fourth-order valence-corrected chi connectivity index (χ4v) is 4.47. The first-order valence-corrected chi connectivity index (χ1v) is 12.4. The van der Waals surface area contributed by atoms with Crippen LogP contribution in [0.4, 0.5) is 11.5 Å². The third kappa shape index (κ3) is 6.07. The molecular formula is C27H31N7O5. The largest absolute Gasteiger partial charge is 0.496 e. The van der Waals surface area contributed by atoms with Crippen molar-refractivity contribution >= 4 is 34.4 Å². The average molecular weight is 534 g/mol. The minimum Gasteiger partial charge on any atom is -0.496 e. The zero-order valence-corrected chi connectivity index (χ0v) is 22.0. The van der Waals surface area contributed by atoms with Gasteiger partial charge in [-0.1, -0.05) is 18.2 Å². The Hall–Kier alpha value is -4.71. The molecule has 0 saturated carbocycles. The number of aromatic nitrogens is 4. The monoisotopic (exact) mass is 533 g/mol. The molecular weight excluding hydrogens is 502 g/mol. The van der Waals surface area contributed by atoms with Crippen molar-refractivity contribution in [2.45, 2.75) is 25.8 Å². The van der Waals surface area contributed by atoms with E-state index >= 15 is 0 Å². The summed E-state index contributed by atoms with van der Waals surface area (Å²) >= 11 is 0. The first kappa shape index (κ1) is 27.3. The van der Waals surface area contributed by atoms with E-state index in [1.54, 1.807) is 31.4 Å². The molecule has 0 unspecified atom stereocenters. The second kappa shape index (κ2) is 12.2. The number of nitrogens with zero attached hydrogens (tertiary/aromatic N) is 4. The third-order valence-corrected chi connectivity index (χ3v) is 6.25. The highest BCUT2D eigenvalue weighted by Gasteiger charge is 2.24. The van der Waals surface area contributed by atoms with Gasteiger partial charge in [0.05, 0.1) is 36.9 Å². The normalized spacial score (nSPS) is 13.3. The van der Waals surface area contributed by atoms with Crippen molar-refractivity contribution in [1.82, 2.24) is 25.1 Å². The molecule has 204 valence electrons. The van der Waals surface area contributed by atoms with Crippen molar-refractivity contribution in [1.29, 1.82) is 0 Å². The lowest BCUT2D eigenvalue weighted by molar-refractivity contribution is -0.134. The third-order valence-electron chi connectivity index (χ3n) is 6.25. The van der Waals surface area contributed by atoms with E-state index in [4.69, 9.17) is 30.2 Å². The van der Waals surface area contributed by atoms with Gasteiger partial charge >= 0.3 is 0 Å². The molecule has 0 aliphatic carbocycles. The molecule has 1 amide bonds. The molecule has 5 rings (SSSR count). The molecule has 12 heteroatoms. The van der Waals surface area contributed by atoms with Crippen LogP contribution in [0.25, 0.3) is 22.3 Å². The summed E-state index contributed by atoms with van der Waals surface area (Å²) in [5, 5.41) is 19.3. The van der Waals surface area contributed by atoms with Crippen molar-refractivity contribution in [3.8, 4) is 22.8 Å². The molecule has 1 fully saturated rings. The maximum Gasteiger partial charge on any atom is 0.300 e. The van der Waals surface area contributed by atoms with E-state index in [-0.39, 0.29) is 11.9 Å². The number of carbonyl (C=O) groups is 2. The summed E-state index contributed by atoms with van der Waals surface area (Å²) in [5.74, 6) is 0.223. The maximum absolute atomic E-state index is 12.9. The van der Waals surface area contributed by atoms with Gasteiger partial charge < -0.3 is 30.9 Å². The number of carbonyl (C=O) groups excluding carboxylic acids is 1. The molecule has 0 radical (unpaired) electrons. The van der Waals surface area contributed by atoms with Crippen molar-refractivity contribution in [3.63, 3.8) is 0 Å². The number of methoxy groups -OCH3 is 2. The Bertz CT molecular complexity index is 1480. The number of amides is 1. The molecule has 1 saturated heterocycles. The van der Waals surface area contributed by atoms with Gasteiger partial charge in [0.25, 0.3) is 11.9 Å². The molecule has 2 aromatic heterocycles. The number of hydrogen-bond acceptors (Lipinski definition) is 9. The SMILES string of the molecule is CC(=O)O.COc1cc(-c2nn(C3CCNCC3)c3ncnc(N)c23)ccc1NC(=O)c1ccccc1OC. The van der Waals surface area contributed by atoms with Crippen LogP contribution in [-0.2, 0) is 4.79 Å². The Kier molecular flexibility index (Phi) is 8.56. The van der Waals surface area contributed by atoms with E-state index in [0.717, 1.165) is 38.4 Å². The Labute approximate surface area is 225 Å². The van der Waals surface area contributed by atoms with E-state index in [0.29, 0.717) is 45.3 Å². The van der Waals surface area contributed by atoms with Crippen molar-refractivity contribution < 1.29 is 24.2 Å². The molecule has 0 spiro atoms. The number of nitrogens with one attached hydrogen (secondary N) is 2. The molecule has 0 bridgehead atoms. The Morgan fingerprint density at radius 3 is 2.46 bits per heavy atom. The van der Waals surface area contributed by atoms with Gasteiger partial charge in [-0.3, -0.25) is 9.59 Å². The van der Waals surface area contributed by atoms with Crippen LogP contribution in [0.5, 0.6) is 11.5 Å². The highest BCUT2D eigenvalue weighted by molar-refractivity contribution is 6.07. The number of piperidine rings is 1. The number of hydrogen-bond donors (Lipinski definition) is 4. The summed E-state index contributed by atoms with van der Waals surface area (Å²) in [5.41, 5.74) is 9.41. The summed E-state index contributed by atoms with van der Waals surface area (Å²) in [4.78, 5) is 30.6. The van der Waals surface area contributed by atoms with Crippen LogP contribution >= 0.6 is 0 Å². The highest BCUT2D eigenvalue weighted by atomic mass is 16.5. The first-order chi connectivity index (χ1) is 18.8. The number of para-hydroxylation sites is 1. The summed E-state index contributed by atoms with van der Waals surface area (Å²) in [6.45, 7) is 2.94. The predicted octanol–water partition coefficient (Wildman–Crippen LogP) is 3.36. The number of fused-ring (bicyclic) bond motifs is 1. The van der Waals surface area contributed by atoms with Gasteiger partial charge in [0.2, 0.25) is 0 Å². The zero-order valence-electron chi connectivity index (χ0n) is 22.0. The van der Waals surface area contributed by atoms with E-state index < -0.39 is 5.97 Å². The summed E-state index contributed by atoms with van der Waals surface area (Å²) in [6.07, 6.45) is 3.38. The van der Waals surface area contributed by atoms with Crippen LogP contribution < -0.4 is 25.8 Å². The molecule has 39 heavy (non-hydrogen) atoms. The standard InChI is InChI=1S/C25H27N7O3.C2H4O2/c1-34-19-6-4-3-5-17(19)25(33)30-18-8-7-15(13-20(18)35-2)22-21-23(26)28-14-29-24(21)32(31-22)16-9-11-27-12-10-16;1-2(3)4/h3-8,13-14,16,27H,9-12H2,1-2H3,(H,30,33)(H2,26,28,29);1H3,(H,3,4). The molecule has 1 aliphatic heterocycles. The molecule has 1 aliphatic rings. The average Bonchev–Trinajstić information content (AvgIpc) is 3.34. The summed E-state index contributed by atoms with van der Waals surface area (Å²) in [6, 6.07) is 12.8. The van der Waals surface area contributed by atoms with Gasteiger partial charge in [-0.15, -0.1) is 0 Å². The fraction of sp³-hybridized carbons (Fsp3) is 0.296. The number of nitrogens with two attached hydrogens (primary N) is 1. The summed E-state index contributed by atoms with van der Waals surface area (Å²) < 4.78 is 12.9. The Morgan fingerprint density at radius 2 is 1.77 bits per heavy atom. The van der Waals surface area contributed by atoms with E-state index in [2.05, 4.69) is 20.6 Å². The van der Waals surface area contributed by atoms with Crippen LogP contribution in [0.1, 0.15) is 36.2 Å². The molecule has 5 N–H and O–H groups in total. The van der Waals surface area contributed by atoms with Gasteiger partial charge in [0, 0.05) is 12.5 Å².